The minimum absolute atomic E-state index is 0.0121. The second-order valence-corrected chi connectivity index (χ2v) is 4.09. The van der Waals surface area contributed by atoms with E-state index in [1.807, 2.05) is 16.9 Å². The Bertz CT molecular complexity index is 383. The zero-order valence-corrected chi connectivity index (χ0v) is 10.0. The summed E-state index contributed by atoms with van der Waals surface area (Å²) in [6, 6.07) is 0. The molecule has 0 aliphatic carbocycles. The molecule has 7 heteroatoms. The molecule has 0 unspecified atom stereocenters. The van der Waals surface area contributed by atoms with E-state index in [1.54, 1.807) is 0 Å². The SMILES string of the molecule is O=C(O)c1nc(Cl)c(Cl)c([As])c1Cl. The van der Waals surface area contributed by atoms with Crippen LogP contribution in [0.3, 0.4) is 0 Å². The van der Waals surface area contributed by atoms with Gasteiger partial charge in [0.2, 0.25) is 0 Å². The summed E-state index contributed by atoms with van der Waals surface area (Å²) < 4.78 is 0.355. The Balaban J connectivity index is 3.50. The van der Waals surface area contributed by atoms with E-state index in [4.69, 9.17) is 39.9 Å². The summed E-state index contributed by atoms with van der Waals surface area (Å²) in [7, 11) is 0. The van der Waals surface area contributed by atoms with Crippen molar-refractivity contribution in [3.63, 3.8) is 0 Å². The molecule has 0 saturated carbocycles. The van der Waals surface area contributed by atoms with Crippen molar-refractivity contribution in [3.05, 3.63) is 20.9 Å². The molecule has 0 fully saturated rings. The number of nitrogens with zero attached hydrogens (tertiary/aromatic N) is 1. The number of carboxylic acid groups (broad SMARTS) is 1. The maximum atomic E-state index is 10.6. The van der Waals surface area contributed by atoms with Crippen LogP contribution in [0.4, 0.5) is 0 Å². The van der Waals surface area contributed by atoms with Crippen molar-refractivity contribution >= 4 is 62.0 Å². The fourth-order valence-electron chi connectivity index (χ4n) is 0.644. The number of pyridine rings is 1. The van der Waals surface area contributed by atoms with Crippen LogP contribution < -0.4 is 4.35 Å². The van der Waals surface area contributed by atoms with Gasteiger partial charge in [0.15, 0.2) is 0 Å². The number of rotatable bonds is 1. The van der Waals surface area contributed by atoms with Gasteiger partial charge in [-0.05, 0) is 0 Å². The number of hydrogen-bond acceptors (Lipinski definition) is 2. The van der Waals surface area contributed by atoms with Crippen molar-refractivity contribution in [3.8, 4) is 0 Å². The summed E-state index contributed by atoms with van der Waals surface area (Å²) in [6.07, 6.45) is 0. The molecule has 1 N–H and O–H groups in total. The average Bonchev–Trinajstić information content (AvgIpc) is 2.07. The Morgan fingerprint density at radius 2 is 1.85 bits per heavy atom. The molecule has 1 aromatic heterocycles. The zero-order chi connectivity index (χ0) is 10.2. The first kappa shape index (κ1) is 11.1. The number of halogens is 3. The number of aromatic nitrogens is 1. The molecule has 0 aliphatic rings. The van der Waals surface area contributed by atoms with Crippen LogP contribution in [0.25, 0.3) is 0 Å². The summed E-state index contributed by atoms with van der Waals surface area (Å²) >= 11 is 18.9. The molecule has 1 aromatic rings. The molecule has 1 heterocycles. The van der Waals surface area contributed by atoms with Crippen LogP contribution in [0.5, 0.6) is 0 Å². The molecule has 0 bridgehead atoms. The first-order chi connectivity index (χ1) is 5.95. The van der Waals surface area contributed by atoms with E-state index in [1.165, 1.54) is 0 Å². The molecular weight excluding hydrogens is 299 g/mol. The van der Waals surface area contributed by atoms with Crippen molar-refractivity contribution in [2.45, 2.75) is 0 Å². The predicted molar refractivity (Wildman–Crippen MR) is 51.6 cm³/mol. The monoisotopic (exact) mass is 299 g/mol. The van der Waals surface area contributed by atoms with Crippen LogP contribution in [0.15, 0.2) is 0 Å². The van der Waals surface area contributed by atoms with Crippen molar-refractivity contribution in [2.75, 3.05) is 0 Å². The molecule has 2 radical (unpaired) electrons. The van der Waals surface area contributed by atoms with Gasteiger partial charge in [-0.2, -0.15) is 0 Å². The summed E-state index contributed by atoms with van der Waals surface area (Å²) in [4.78, 5) is 14.1. The molecule has 0 aromatic carbocycles. The first-order valence-corrected chi connectivity index (χ1v) is 4.99. The molecule has 0 aliphatic heterocycles. The minimum atomic E-state index is -1.24. The molecule has 68 valence electrons. The van der Waals surface area contributed by atoms with Gasteiger partial charge < -0.3 is 0 Å². The van der Waals surface area contributed by atoms with Crippen LogP contribution in [-0.2, 0) is 0 Å². The summed E-state index contributed by atoms with van der Waals surface area (Å²) in [5.41, 5.74) is -0.299. The molecule has 1 rings (SSSR count). The Hall–Kier alpha value is 0.0484. The standard InChI is InChI=1S/C6HAsCl3NO2/c7-1-2(8)4(6(12)13)11-5(10)3(1)9/h(H,12,13). The van der Waals surface area contributed by atoms with Gasteiger partial charge in [-0.1, -0.05) is 0 Å². The van der Waals surface area contributed by atoms with Crippen molar-refractivity contribution in [1.82, 2.24) is 4.98 Å². The molecule has 3 nitrogen and oxygen atoms in total. The topological polar surface area (TPSA) is 50.2 Å². The second kappa shape index (κ2) is 4.05. The van der Waals surface area contributed by atoms with Crippen LogP contribution in [-0.4, -0.2) is 32.9 Å². The molecule has 13 heavy (non-hydrogen) atoms. The van der Waals surface area contributed by atoms with E-state index in [-0.39, 0.29) is 20.9 Å². The van der Waals surface area contributed by atoms with Gasteiger partial charge in [0.25, 0.3) is 0 Å². The Kier molecular flexibility index (Phi) is 3.47. The van der Waals surface area contributed by atoms with Crippen molar-refractivity contribution in [1.29, 1.82) is 0 Å². The molecule has 0 amide bonds. The van der Waals surface area contributed by atoms with Gasteiger partial charge in [0.1, 0.15) is 0 Å². The number of aromatic carboxylic acids is 1. The number of carbonyl (C=O) groups is 1. The fourth-order valence-corrected chi connectivity index (χ4v) is 1.81. The Labute approximate surface area is 97.5 Å². The van der Waals surface area contributed by atoms with Gasteiger partial charge in [-0.25, -0.2) is 0 Å². The predicted octanol–water partition coefficient (Wildman–Crippen LogP) is 1.53. The molecular formula is C6HAsCl3NO2. The Morgan fingerprint density at radius 3 is 2.31 bits per heavy atom. The molecule has 0 saturated heterocycles. The van der Waals surface area contributed by atoms with Gasteiger partial charge >= 0.3 is 97.8 Å². The average molecular weight is 300 g/mol. The number of hydrogen-bond donors (Lipinski definition) is 1. The molecule has 0 spiro atoms. The van der Waals surface area contributed by atoms with E-state index in [2.05, 4.69) is 4.98 Å². The Morgan fingerprint density at radius 1 is 1.31 bits per heavy atom. The summed E-state index contributed by atoms with van der Waals surface area (Å²) in [6.45, 7) is 0. The van der Waals surface area contributed by atoms with Crippen molar-refractivity contribution in [2.24, 2.45) is 0 Å². The third-order valence-corrected chi connectivity index (χ3v) is 3.84. The van der Waals surface area contributed by atoms with Crippen molar-refractivity contribution < 1.29 is 9.90 Å². The van der Waals surface area contributed by atoms with Crippen LogP contribution in [0, 0.1) is 0 Å². The summed E-state index contributed by atoms with van der Waals surface area (Å²) in [5.74, 6) is -1.24. The normalized spacial score (nSPS) is 10.2. The van der Waals surface area contributed by atoms with Gasteiger partial charge in [-0.3, -0.25) is 0 Å². The quantitative estimate of drug-likeness (QED) is 0.632. The zero-order valence-electron chi connectivity index (χ0n) is 5.88. The third kappa shape index (κ3) is 2.10. The molecule has 0 atom stereocenters. The van der Waals surface area contributed by atoms with Gasteiger partial charge in [0.05, 0.1) is 0 Å². The van der Waals surface area contributed by atoms with E-state index in [9.17, 15) is 4.79 Å². The van der Waals surface area contributed by atoms with Crippen LogP contribution >= 0.6 is 34.8 Å². The van der Waals surface area contributed by atoms with Crippen LogP contribution in [0.1, 0.15) is 10.5 Å². The third-order valence-electron chi connectivity index (χ3n) is 1.22. The van der Waals surface area contributed by atoms with Gasteiger partial charge in [-0.15, -0.1) is 0 Å². The van der Waals surface area contributed by atoms with E-state index in [0.717, 1.165) is 0 Å². The van der Waals surface area contributed by atoms with Gasteiger partial charge in [0, 0.05) is 0 Å². The van der Waals surface area contributed by atoms with E-state index in [0.29, 0.717) is 4.35 Å². The first-order valence-electron chi connectivity index (χ1n) is 2.92. The van der Waals surface area contributed by atoms with Crippen LogP contribution in [0.2, 0.25) is 15.2 Å². The number of carboxylic acids is 1. The van der Waals surface area contributed by atoms with E-state index >= 15 is 0 Å². The fraction of sp³-hybridized carbons (Fsp3) is 0. The maximum absolute atomic E-state index is 10.6. The second-order valence-electron chi connectivity index (χ2n) is 2.03. The van der Waals surface area contributed by atoms with E-state index < -0.39 is 5.97 Å². The summed E-state index contributed by atoms with van der Waals surface area (Å²) in [5, 5.41) is 8.72.